The summed E-state index contributed by atoms with van der Waals surface area (Å²) in [5.41, 5.74) is 6.85. The van der Waals surface area contributed by atoms with E-state index in [1.165, 1.54) is 31.2 Å². The molecule has 1 saturated carbocycles. The Kier molecular flexibility index (Phi) is 5.07. The molecule has 0 radical (unpaired) electrons. The molecule has 0 unspecified atom stereocenters. The topological polar surface area (TPSA) is 35.2 Å². The minimum Gasteiger partial charge on any atom is -0.490 e. The van der Waals surface area contributed by atoms with Crippen LogP contribution in [0.5, 0.6) is 5.75 Å². The second kappa shape index (κ2) is 6.58. The number of ether oxygens (including phenoxy) is 1. The number of rotatable bonds is 4. The van der Waals surface area contributed by atoms with Gasteiger partial charge in [-0.3, -0.25) is 0 Å². The maximum Gasteiger partial charge on any atom is 0.120 e. The van der Waals surface area contributed by atoms with Crippen LogP contribution in [0.1, 0.15) is 38.2 Å². The standard InChI is InChI=1S/C15H22BrNO/c1-11-2-4-13(5-3-11)18-14-6-7-15(16)12(10-14)8-9-17/h6-7,10-11,13H,2-5,8-9,17H2,1H3. The molecule has 2 nitrogen and oxygen atoms in total. The van der Waals surface area contributed by atoms with Gasteiger partial charge in [-0.1, -0.05) is 22.9 Å². The Balaban J connectivity index is 1.98. The third-order valence-corrected chi connectivity index (χ3v) is 4.47. The molecular weight excluding hydrogens is 290 g/mol. The van der Waals surface area contributed by atoms with Gasteiger partial charge in [-0.25, -0.2) is 0 Å². The summed E-state index contributed by atoms with van der Waals surface area (Å²) in [5.74, 6) is 1.85. The quantitative estimate of drug-likeness (QED) is 0.915. The van der Waals surface area contributed by atoms with Crippen molar-refractivity contribution in [2.75, 3.05) is 6.54 Å². The van der Waals surface area contributed by atoms with Crippen LogP contribution in [0.3, 0.4) is 0 Å². The Bertz CT molecular complexity index is 386. The van der Waals surface area contributed by atoms with Gasteiger partial charge in [-0.15, -0.1) is 0 Å². The Labute approximate surface area is 118 Å². The lowest BCUT2D eigenvalue weighted by molar-refractivity contribution is 0.135. The van der Waals surface area contributed by atoms with Crippen molar-refractivity contribution in [3.05, 3.63) is 28.2 Å². The van der Waals surface area contributed by atoms with Gasteiger partial charge in [0.15, 0.2) is 0 Å². The zero-order chi connectivity index (χ0) is 13.0. The van der Waals surface area contributed by atoms with Crippen molar-refractivity contribution in [1.82, 2.24) is 0 Å². The normalized spacial score (nSPS) is 23.9. The van der Waals surface area contributed by atoms with E-state index in [4.69, 9.17) is 10.5 Å². The van der Waals surface area contributed by atoms with Crippen molar-refractivity contribution >= 4 is 15.9 Å². The predicted molar refractivity (Wildman–Crippen MR) is 78.9 cm³/mol. The smallest absolute Gasteiger partial charge is 0.120 e. The van der Waals surface area contributed by atoms with Crippen LogP contribution < -0.4 is 10.5 Å². The second-order valence-electron chi connectivity index (χ2n) is 5.29. The first-order valence-electron chi connectivity index (χ1n) is 6.84. The van der Waals surface area contributed by atoms with Gasteiger partial charge < -0.3 is 10.5 Å². The van der Waals surface area contributed by atoms with E-state index >= 15 is 0 Å². The van der Waals surface area contributed by atoms with Crippen molar-refractivity contribution in [3.8, 4) is 5.75 Å². The molecular formula is C15H22BrNO. The first kappa shape index (κ1) is 13.9. The van der Waals surface area contributed by atoms with Crippen molar-refractivity contribution in [3.63, 3.8) is 0 Å². The number of hydrogen-bond donors (Lipinski definition) is 1. The summed E-state index contributed by atoms with van der Waals surface area (Å²) in [6, 6.07) is 6.23. The third-order valence-electron chi connectivity index (χ3n) is 3.70. The SMILES string of the molecule is CC1CCC(Oc2ccc(Br)c(CCN)c2)CC1. The summed E-state index contributed by atoms with van der Waals surface area (Å²) in [7, 11) is 0. The summed E-state index contributed by atoms with van der Waals surface area (Å²) in [4.78, 5) is 0. The fourth-order valence-corrected chi connectivity index (χ4v) is 2.96. The Morgan fingerprint density at radius 1 is 1.28 bits per heavy atom. The number of halogens is 1. The Morgan fingerprint density at radius 2 is 2.00 bits per heavy atom. The highest BCUT2D eigenvalue weighted by Gasteiger charge is 2.19. The van der Waals surface area contributed by atoms with Crippen LogP contribution in [0.25, 0.3) is 0 Å². The zero-order valence-corrected chi connectivity index (χ0v) is 12.6. The second-order valence-corrected chi connectivity index (χ2v) is 6.15. The van der Waals surface area contributed by atoms with Crippen LogP contribution in [0, 0.1) is 5.92 Å². The van der Waals surface area contributed by atoms with Gasteiger partial charge in [0.2, 0.25) is 0 Å². The van der Waals surface area contributed by atoms with Gasteiger partial charge in [-0.05, 0) is 68.3 Å². The number of nitrogens with two attached hydrogens (primary N) is 1. The van der Waals surface area contributed by atoms with E-state index in [0.29, 0.717) is 12.6 Å². The monoisotopic (exact) mass is 311 g/mol. The van der Waals surface area contributed by atoms with Gasteiger partial charge in [0.05, 0.1) is 6.10 Å². The first-order chi connectivity index (χ1) is 8.69. The largest absolute Gasteiger partial charge is 0.490 e. The van der Waals surface area contributed by atoms with E-state index in [1.54, 1.807) is 0 Å². The molecule has 1 aromatic rings. The van der Waals surface area contributed by atoms with E-state index in [-0.39, 0.29) is 0 Å². The molecule has 2 rings (SSSR count). The van der Waals surface area contributed by atoms with Crippen LogP contribution in [0.2, 0.25) is 0 Å². The molecule has 0 spiro atoms. The fourth-order valence-electron chi connectivity index (χ4n) is 2.51. The first-order valence-corrected chi connectivity index (χ1v) is 7.63. The molecule has 0 heterocycles. The zero-order valence-electron chi connectivity index (χ0n) is 11.0. The average molecular weight is 312 g/mol. The molecule has 3 heteroatoms. The molecule has 0 saturated heterocycles. The molecule has 18 heavy (non-hydrogen) atoms. The molecule has 100 valence electrons. The molecule has 1 aliphatic carbocycles. The highest BCUT2D eigenvalue weighted by atomic mass is 79.9. The molecule has 1 fully saturated rings. The van der Waals surface area contributed by atoms with Gasteiger partial charge >= 0.3 is 0 Å². The van der Waals surface area contributed by atoms with E-state index in [2.05, 4.69) is 35.0 Å². The lowest BCUT2D eigenvalue weighted by Gasteiger charge is -2.27. The van der Waals surface area contributed by atoms with E-state index in [9.17, 15) is 0 Å². The number of benzene rings is 1. The van der Waals surface area contributed by atoms with E-state index in [1.807, 2.05) is 6.07 Å². The van der Waals surface area contributed by atoms with E-state index in [0.717, 1.165) is 22.6 Å². The summed E-state index contributed by atoms with van der Waals surface area (Å²) >= 11 is 3.55. The summed E-state index contributed by atoms with van der Waals surface area (Å²) in [6.07, 6.45) is 6.23. The average Bonchev–Trinajstić information content (AvgIpc) is 2.37. The summed E-state index contributed by atoms with van der Waals surface area (Å²) in [6.45, 7) is 3.00. The van der Waals surface area contributed by atoms with E-state index < -0.39 is 0 Å². The lowest BCUT2D eigenvalue weighted by Crippen LogP contribution is -2.23. The minimum atomic E-state index is 0.396. The molecule has 1 aromatic carbocycles. The maximum absolute atomic E-state index is 6.08. The van der Waals surface area contributed by atoms with Crippen LogP contribution in [0.15, 0.2) is 22.7 Å². The molecule has 0 atom stereocenters. The Hall–Kier alpha value is -0.540. The molecule has 2 N–H and O–H groups in total. The summed E-state index contributed by atoms with van der Waals surface area (Å²) < 4.78 is 7.21. The number of hydrogen-bond acceptors (Lipinski definition) is 2. The molecule has 0 aromatic heterocycles. The molecule has 1 aliphatic rings. The molecule has 0 aliphatic heterocycles. The maximum atomic E-state index is 6.08. The molecule has 0 amide bonds. The van der Waals surface area contributed by atoms with Crippen LogP contribution >= 0.6 is 15.9 Å². The van der Waals surface area contributed by atoms with Gasteiger partial charge in [-0.2, -0.15) is 0 Å². The van der Waals surface area contributed by atoms with Gasteiger partial charge in [0, 0.05) is 4.47 Å². The molecule has 0 bridgehead atoms. The van der Waals surface area contributed by atoms with Crippen LogP contribution in [0.4, 0.5) is 0 Å². The fraction of sp³-hybridized carbons (Fsp3) is 0.600. The van der Waals surface area contributed by atoms with Crippen molar-refractivity contribution in [2.24, 2.45) is 11.7 Å². The van der Waals surface area contributed by atoms with Crippen molar-refractivity contribution in [2.45, 2.75) is 45.1 Å². The van der Waals surface area contributed by atoms with Crippen LogP contribution in [-0.2, 0) is 6.42 Å². The predicted octanol–water partition coefficient (Wildman–Crippen LogP) is 3.91. The lowest BCUT2D eigenvalue weighted by atomic mass is 9.89. The minimum absolute atomic E-state index is 0.396. The highest BCUT2D eigenvalue weighted by molar-refractivity contribution is 9.10. The third kappa shape index (κ3) is 3.72. The van der Waals surface area contributed by atoms with Crippen molar-refractivity contribution < 1.29 is 4.74 Å². The Morgan fingerprint density at radius 3 is 2.67 bits per heavy atom. The van der Waals surface area contributed by atoms with Gasteiger partial charge in [0.25, 0.3) is 0 Å². The summed E-state index contributed by atoms with van der Waals surface area (Å²) in [5, 5.41) is 0. The van der Waals surface area contributed by atoms with Crippen LogP contribution in [-0.4, -0.2) is 12.6 Å². The van der Waals surface area contributed by atoms with Gasteiger partial charge in [0.1, 0.15) is 5.75 Å². The van der Waals surface area contributed by atoms with Crippen molar-refractivity contribution in [1.29, 1.82) is 0 Å². The highest BCUT2D eigenvalue weighted by Crippen LogP contribution is 2.29.